The Morgan fingerprint density at radius 2 is 2.00 bits per heavy atom. The van der Waals surface area contributed by atoms with Crippen LogP contribution in [0.25, 0.3) is 0 Å². The highest BCUT2D eigenvalue weighted by Gasteiger charge is 2.21. The van der Waals surface area contributed by atoms with Crippen LogP contribution in [0.1, 0.15) is 11.5 Å². The van der Waals surface area contributed by atoms with E-state index in [1.54, 1.807) is 24.1 Å². The first kappa shape index (κ1) is 14.2. The van der Waals surface area contributed by atoms with Gasteiger partial charge in [0.15, 0.2) is 0 Å². The van der Waals surface area contributed by atoms with Crippen molar-refractivity contribution < 1.29 is 17.3 Å². The van der Waals surface area contributed by atoms with Gasteiger partial charge in [-0.1, -0.05) is 0 Å². The molecule has 0 spiro atoms. The van der Waals surface area contributed by atoms with Crippen LogP contribution in [-0.4, -0.2) is 26.8 Å². The molecular weight excluding hydrogens is 286 g/mol. The molecule has 0 aromatic carbocycles. The smallest absolute Gasteiger partial charge is 0.275 e. The summed E-state index contributed by atoms with van der Waals surface area (Å²) in [7, 11) is -0.551. The molecule has 0 saturated carbocycles. The number of aryl methyl sites for hydroxylation is 1. The van der Waals surface area contributed by atoms with Crippen molar-refractivity contribution in [3.05, 3.63) is 36.0 Å². The van der Waals surface area contributed by atoms with Crippen molar-refractivity contribution in [2.24, 2.45) is 0 Å². The maximum Gasteiger partial charge on any atom is 0.275 e. The SMILES string of the molecule is Cc1occc1SCc1ccc(S(=O)(=O)N(C)C)o1. The van der Waals surface area contributed by atoms with Gasteiger partial charge >= 0.3 is 0 Å². The Balaban J connectivity index is 2.08. The van der Waals surface area contributed by atoms with Crippen LogP contribution in [0.2, 0.25) is 0 Å². The Morgan fingerprint density at radius 1 is 1.26 bits per heavy atom. The fourth-order valence-corrected chi connectivity index (χ4v) is 3.09. The highest BCUT2D eigenvalue weighted by atomic mass is 32.2. The third-order valence-electron chi connectivity index (χ3n) is 2.55. The number of sulfonamides is 1. The molecule has 0 unspecified atom stereocenters. The Hall–Kier alpha value is -1.18. The summed E-state index contributed by atoms with van der Waals surface area (Å²) in [4.78, 5) is 1.02. The number of furan rings is 2. The van der Waals surface area contributed by atoms with Crippen LogP contribution in [0.4, 0.5) is 0 Å². The van der Waals surface area contributed by atoms with Gasteiger partial charge in [-0.25, -0.2) is 12.7 Å². The average molecular weight is 301 g/mol. The number of nitrogens with zero attached hydrogens (tertiary/aromatic N) is 1. The first-order chi connectivity index (χ1) is 8.91. The normalized spacial score (nSPS) is 12.2. The van der Waals surface area contributed by atoms with Crippen LogP contribution in [0.5, 0.6) is 0 Å². The molecular formula is C12H15NO4S2. The molecule has 5 nitrogen and oxygen atoms in total. The molecule has 0 atom stereocenters. The van der Waals surface area contributed by atoms with Gasteiger partial charge in [-0.15, -0.1) is 11.8 Å². The maximum atomic E-state index is 11.8. The molecule has 104 valence electrons. The number of thioether (sulfide) groups is 1. The summed E-state index contributed by atoms with van der Waals surface area (Å²) in [5, 5.41) is -0.0305. The molecule has 19 heavy (non-hydrogen) atoms. The molecule has 7 heteroatoms. The van der Waals surface area contributed by atoms with Gasteiger partial charge in [0.05, 0.1) is 12.0 Å². The fourth-order valence-electron chi connectivity index (χ4n) is 1.43. The Kier molecular flexibility index (Phi) is 4.07. The van der Waals surface area contributed by atoms with Gasteiger partial charge in [-0.3, -0.25) is 0 Å². The van der Waals surface area contributed by atoms with Crippen molar-refractivity contribution in [2.45, 2.75) is 22.7 Å². The van der Waals surface area contributed by atoms with E-state index in [-0.39, 0.29) is 5.09 Å². The number of hydrogen-bond acceptors (Lipinski definition) is 5. The van der Waals surface area contributed by atoms with E-state index in [4.69, 9.17) is 8.83 Å². The molecule has 0 aliphatic carbocycles. The van der Waals surface area contributed by atoms with E-state index in [9.17, 15) is 8.42 Å². The van der Waals surface area contributed by atoms with Gasteiger partial charge in [-0.2, -0.15) is 0 Å². The first-order valence-electron chi connectivity index (χ1n) is 5.59. The van der Waals surface area contributed by atoms with Crippen molar-refractivity contribution in [3.8, 4) is 0 Å². The topological polar surface area (TPSA) is 63.7 Å². The zero-order valence-electron chi connectivity index (χ0n) is 10.9. The quantitative estimate of drug-likeness (QED) is 0.795. The minimum atomic E-state index is -3.50. The number of rotatable bonds is 5. The Labute approximate surface area is 116 Å². The van der Waals surface area contributed by atoms with Crippen LogP contribution < -0.4 is 0 Å². The van der Waals surface area contributed by atoms with Gasteiger partial charge in [0, 0.05) is 19.0 Å². The first-order valence-corrected chi connectivity index (χ1v) is 8.02. The second kappa shape index (κ2) is 5.44. The molecule has 0 aliphatic heterocycles. The zero-order valence-corrected chi connectivity index (χ0v) is 12.5. The summed E-state index contributed by atoms with van der Waals surface area (Å²) < 4.78 is 35.4. The molecule has 2 aromatic heterocycles. The predicted molar refractivity (Wildman–Crippen MR) is 72.6 cm³/mol. The summed E-state index contributed by atoms with van der Waals surface area (Å²) in [5.74, 6) is 2.02. The van der Waals surface area contributed by atoms with Gasteiger partial charge in [0.1, 0.15) is 11.5 Å². The summed E-state index contributed by atoms with van der Waals surface area (Å²) in [6, 6.07) is 5.03. The minimum Gasteiger partial charge on any atom is -0.468 e. The summed E-state index contributed by atoms with van der Waals surface area (Å²) in [6.45, 7) is 1.88. The monoisotopic (exact) mass is 301 g/mol. The third-order valence-corrected chi connectivity index (χ3v) is 5.41. The summed E-state index contributed by atoms with van der Waals surface area (Å²) in [5.41, 5.74) is 0. The standard InChI is InChI=1S/C12H15NO4S2/c1-9-11(6-7-16-9)18-8-10-4-5-12(17-10)19(14,15)13(2)3/h4-7H,8H2,1-3H3. The highest BCUT2D eigenvalue weighted by Crippen LogP contribution is 2.28. The van der Waals surface area contributed by atoms with E-state index in [0.29, 0.717) is 11.5 Å². The van der Waals surface area contributed by atoms with Crippen LogP contribution in [0, 0.1) is 6.92 Å². The lowest BCUT2D eigenvalue weighted by Crippen LogP contribution is -2.21. The summed E-state index contributed by atoms with van der Waals surface area (Å²) >= 11 is 1.54. The van der Waals surface area contributed by atoms with Crippen molar-refractivity contribution in [1.82, 2.24) is 4.31 Å². The van der Waals surface area contributed by atoms with E-state index < -0.39 is 10.0 Å². The fraction of sp³-hybridized carbons (Fsp3) is 0.333. The molecule has 0 N–H and O–H groups in total. The second-order valence-corrected chi connectivity index (χ2v) is 7.24. The molecule has 0 saturated heterocycles. The molecule has 2 heterocycles. The summed E-state index contributed by atoms with van der Waals surface area (Å²) in [6.07, 6.45) is 1.63. The maximum absolute atomic E-state index is 11.8. The van der Waals surface area contributed by atoms with E-state index in [0.717, 1.165) is 15.0 Å². The van der Waals surface area contributed by atoms with Crippen molar-refractivity contribution in [3.63, 3.8) is 0 Å². The van der Waals surface area contributed by atoms with Gasteiger partial charge < -0.3 is 8.83 Å². The predicted octanol–water partition coefficient (Wildman–Crippen LogP) is 2.72. The number of hydrogen-bond donors (Lipinski definition) is 0. The molecule has 0 bridgehead atoms. The molecule has 0 radical (unpaired) electrons. The van der Waals surface area contributed by atoms with Crippen LogP contribution in [0.3, 0.4) is 0 Å². The van der Waals surface area contributed by atoms with Crippen LogP contribution in [-0.2, 0) is 15.8 Å². The largest absolute Gasteiger partial charge is 0.468 e. The highest BCUT2D eigenvalue weighted by molar-refractivity contribution is 7.98. The van der Waals surface area contributed by atoms with Gasteiger partial charge in [-0.05, 0) is 25.1 Å². The van der Waals surface area contributed by atoms with E-state index in [2.05, 4.69) is 0 Å². The zero-order chi connectivity index (χ0) is 14.0. The molecule has 0 aliphatic rings. The lowest BCUT2D eigenvalue weighted by molar-refractivity contribution is 0.408. The van der Waals surface area contributed by atoms with Gasteiger partial charge in [0.25, 0.3) is 10.0 Å². The Bertz CT molecular complexity index is 655. The average Bonchev–Trinajstić information content (AvgIpc) is 2.95. The third kappa shape index (κ3) is 3.05. The van der Waals surface area contributed by atoms with E-state index in [1.807, 2.05) is 13.0 Å². The lowest BCUT2D eigenvalue weighted by atomic mass is 10.5. The van der Waals surface area contributed by atoms with Crippen molar-refractivity contribution in [2.75, 3.05) is 14.1 Å². The molecule has 0 amide bonds. The van der Waals surface area contributed by atoms with Crippen LogP contribution >= 0.6 is 11.8 Å². The van der Waals surface area contributed by atoms with E-state index in [1.165, 1.54) is 20.2 Å². The molecule has 0 fully saturated rings. The molecule has 2 aromatic rings. The minimum absolute atomic E-state index is 0.0305. The van der Waals surface area contributed by atoms with Crippen molar-refractivity contribution in [1.29, 1.82) is 0 Å². The second-order valence-electron chi connectivity index (χ2n) is 4.14. The Morgan fingerprint density at radius 3 is 2.58 bits per heavy atom. The van der Waals surface area contributed by atoms with Crippen molar-refractivity contribution >= 4 is 21.8 Å². The van der Waals surface area contributed by atoms with E-state index >= 15 is 0 Å². The lowest BCUT2D eigenvalue weighted by Gasteiger charge is -2.07. The van der Waals surface area contributed by atoms with Crippen LogP contribution in [0.15, 0.2) is 43.3 Å². The molecule has 2 rings (SSSR count). The van der Waals surface area contributed by atoms with Gasteiger partial charge in [0.2, 0.25) is 5.09 Å².